The van der Waals surface area contributed by atoms with E-state index in [1.54, 1.807) is 6.92 Å². The molecule has 0 aromatic heterocycles. The average Bonchev–Trinajstić information content (AvgIpc) is 3.04. The number of nitrogens with one attached hydrogen (secondary N) is 1. The van der Waals surface area contributed by atoms with E-state index in [9.17, 15) is 9.59 Å². The van der Waals surface area contributed by atoms with E-state index in [1.165, 1.54) is 11.8 Å². The molecule has 1 fully saturated rings. The number of thioether (sulfide) groups is 1. The van der Waals surface area contributed by atoms with Crippen molar-refractivity contribution in [2.45, 2.75) is 49.7 Å². The molecular formula is C17H22BrNO3S. The van der Waals surface area contributed by atoms with Gasteiger partial charge in [-0.2, -0.15) is 0 Å². The molecule has 126 valence electrons. The quantitative estimate of drug-likeness (QED) is 0.710. The molecule has 0 bridgehead atoms. The predicted molar refractivity (Wildman–Crippen MR) is 96.3 cm³/mol. The van der Waals surface area contributed by atoms with Gasteiger partial charge < -0.3 is 10.1 Å². The first-order valence-corrected chi connectivity index (χ1v) is 9.71. The molecule has 4 nitrogen and oxygen atoms in total. The Morgan fingerprint density at radius 1 is 1.30 bits per heavy atom. The molecule has 1 atom stereocenters. The van der Waals surface area contributed by atoms with Gasteiger partial charge in [-0.25, -0.2) is 0 Å². The van der Waals surface area contributed by atoms with E-state index in [0.29, 0.717) is 0 Å². The molecule has 23 heavy (non-hydrogen) atoms. The van der Waals surface area contributed by atoms with Crippen LogP contribution in [0.25, 0.3) is 0 Å². The van der Waals surface area contributed by atoms with Crippen molar-refractivity contribution in [2.24, 2.45) is 0 Å². The lowest BCUT2D eigenvalue weighted by Crippen LogP contribution is -2.36. The summed E-state index contributed by atoms with van der Waals surface area (Å²) in [6.45, 7) is 1.62. The lowest BCUT2D eigenvalue weighted by molar-refractivity contribution is -0.147. The number of ether oxygens (including phenoxy) is 1. The Bertz CT molecular complexity index is 529. The molecule has 0 heterocycles. The lowest BCUT2D eigenvalue weighted by atomic mass is 10.2. The Labute approximate surface area is 149 Å². The van der Waals surface area contributed by atoms with Crippen LogP contribution >= 0.6 is 27.7 Å². The standard InChI is InChI=1S/C17H22BrNO3S/c1-12(23-11-13-6-8-14(18)9-7-13)17(21)22-10-16(20)19-15-4-2-3-5-15/h6-9,12,15H,2-5,10-11H2,1H3,(H,19,20)/t12-/m1/s1. The highest BCUT2D eigenvalue weighted by Crippen LogP contribution is 2.20. The summed E-state index contributed by atoms with van der Waals surface area (Å²) in [7, 11) is 0. The second-order valence-electron chi connectivity index (χ2n) is 5.74. The summed E-state index contributed by atoms with van der Waals surface area (Å²) in [5.74, 6) is 0.196. The molecule has 0 saturated heterocycles. The predicted octanol–water partition coefficient (Wildman–Crippen LogP) is 3.67. The molecule has 0 radical (unpaired) electrons. The second-order valence-corrected chi connectivity index (χ2v) is 7.98. The smallest absolute Gasteiger partial charge is 0.319 e. The summed E-state index contributed by atoms with van der Waals surface area (Å²) >= 11 is 4.90. The van der Waals surface area contributed by atoms with Crippen LogP contribution in [0.5, 0.6) is 0 Å². The third-order valence-electron chi connectivity index (χ3n) is 3.81. The third kappa shape index (κ3) is 6.55. The van der Waals surface area contributed by atoms with E-state index in [0.717, 1.165) is 41.5 Å². The summed E-state index contributed by atoms with van der Waals surface area (Å²) in [4.78, 5) is 23.7. The molecular weight excluding hydrogens is 378 g/mol. The molecule has 0 unspecified atom stereocenters. The topological polar surface area (TPSA) is 55.4 Å². The molecule has 1 aliphatic rings. The first-order valence-electron chi connectivity index (χ1n) is 7.86. The number of carbonyl (C=O) groups excluding carboxylic acids is 2. The Kier molecular flexibility index (Phi) is 7.43. The number of hydrogen-bond donors (Lipinski definition) is 1. The zero-order valence-corrected chi connectivity index (χ0v) is 15.6. The largest absolute Gasteiger partial charge is 0.455 e. The molecule has 6 heteroatoms. The van der Waals surface area contributed by atoms with E-state index in [-0.39, 0.29) is 29.8 Å². The Morgan fingerprint density at radius 3 is 2.61 bits per heavy atom. The van der Waals surface area contributed by atoms with Crippen molar-refractivity contribution >= 4 is 39.6 Å². The molecule has 1 N–H and O–H groups in total. The van der Waals surface area contributed by atoms with Crippen LogP contribution in [-0.2, 0) is 20.1 Å². The van der Waals surface area contributed by atoms with Gasteiger partial charge in [0.1, 0.15) is 0 Å². The lowest BCUT2D eigenvalue weighted by Gasteiger charge is -2.14. The maximum absolute atomic E-state index is 11.9. The van der Waals surface area contributed by atoms with Gasteiger partial charge in [-0.3, -0.25) is 9.59 Å². The summed E-state index contributed by atoms with van der Waals surface area (Å²) in [5, 5.41) is 2.62. The fraction of sp³-hybridized carbons (Fsp3) is 0.529. The van der Waals surface area contributed by atoms with E-state index < -0.39 is 0 Å². The second kappa shape index (κ2) is 9.33. The Hall–Kier alpha value is -1.01. The first-order chi connectivity index (χ1) is 11.0. The van der Waals surface area contributed by atoms with Crippen molar-refractivity contribution < 1.29 is 14.3 Å². The summed E-state index contributed by atoms with van der Waals surface area (Å²) in [6.07, 6.45) is 4.38. The van der Waals surface area contributed by atoms with Crippen molar-refractivity contribution in [1.82, 2.24) is 5.32 Å². The van der Waals surface area contributed by atoms with Crippen LogP contribution in [0.4, 0.5) is 0 Å². The van der Waals surface area contributed by atoms with Crippen LogP contribution in [0.2, 0.25) is 0 Å². The van der Waals surface area contributed by atoms with Crippen molar-refractivity contribution in [3.63, 3.8) is 0 Å². The van der Waals surface area contributed by atoms with Crippen LogP contribution in [0, 0.1) is 0 Å². The molecule has 1 aromatic rings. The van der Waals surface area contributed by atoms with E-state index in [1.807, 2.05) is 24.3 Å². The molecule has 0 aliphatic heterocycles. The van der Waals surface area contributed by atoms with E-state index in [2.05, 4.69) is 21.2 Å². The number of hydrogen-bond acceptors (Lipinski definition) is 4. The molecule has 1 aliphatic carbocycles. The number of carbonyl (C=O) groups is 2. The molecule has 1 aromatic carbocycles. The van der Waals surface area contributed by atoms with Gasteiger partial charge in [0.05, 0.1) is 5.25 Å². The summed E-state index contributed by atoms with van der Waals surface area (Å²) in [5.41, 5.74) is 1.15. The maximum Gasteiger partial charge on any atom is 0.319 e. The van der Waals surface area contributed by atoms with E-state index >= 15 is 0 Å². The van der Waals surface area contributed by atoms with Gasteiger partial charge in [-0.15, -0.1) is 11.8 Å². The third-order valence-corrected chi connectivity index (χ3v) is 5.53. The number of benzene rings is 1. The van der Waals surface area contributed by atoms with Gasteiger partial charge in [-0.05, 0) is 37.5 Å². The fourth-order valence-electron chi connectivity index (χ4n) is 2.46. The van der Waals surface area contributed by atoms with Gasteiger partial charge >= 0.3 is 5.97 Å². The van der Waals surface area contributed by atoms with Crippen molar-refractivity contribution in [2.75, 3.05) is 6.61 Å². The Morgan fingerprint density at radius 2 is 1.96 bits per heavy atom. The van der Waals surface area contributed by atoms with Gasteiger partial charge in [-0.1, -0.05) is 40.9 Å². The monoisotopic (exact) mass is 399 g/mol. The van der Waals surface area contributed by atoms with Crippen LogP contribution < -0.4 is 5.32 Å². The molecule has 1 saturated carbocycles. The molecule has 0 spiro atoms. The highest BCUT2D eigenvalue weighted by Gasteiger charge is 2.20. The highest BCUT2D eigenvalue weighted by atomic mass is 79.9. The molecule has 1 amide bonds. The van der Waals surface area contributed by atoms with Crippen molar-refractivity contribution in [1.29, 1.82) is 0 Å². The van der Waals surface area contributed by atoms with E-state index in [4.69, 9.17) is 4.74 Å². The minimum atomic E-state index is -0.339. The van der Waals surface area contributed by atoms with Crippen LogP contribution in [0.15, 0.2) is 28.7 Å². The maximum atomic E-state index is 11.9. The van der Waals surface area contributed by atoms with Gasteiger partial charge in [0.2, 0.25) is 0 Å². The zero-order chi connectivity index (χ0) is 16.7. The van der Waals surface area contributed by atoms with Crippen LogP contribution in [0.3, 0.4) is 0 Å². The van der Waals surface area contributed by atoms with Crippen LogP contribution in [-0.4, -0.2) is 29.8 Å². The fourth-order valence-corrected chi connectivity index (χ4v) is 3.57. The van der Waals surface area contributed by atoms with Gasteiger partial charge in [0.25, 0.3) is 5.91 Å². The number of amides is 1. The van der Waals surface area contributed by atoms with Crippen molar-refractivity contribution in [3.8, 4) is 0 Å². The SMILES string of the molecule is C[C@@H](SCc1ccc(Br)cc1)C(=O)OCC(=O)NC1CCCC1. The number of halogens is 1. The summed E-state index contributed by atoms with van der Waals surface area (Å²) in [6, 6.07) is 8.25. The number of rotatable bonds is 7. The van der Waals surface area contributed by atoms with Gasteiger partial charge in [0, 0.05) is 16.3 Å². The Balaban J connectivity index is 1.65. The van der Waals surface area contributed by atoms with Crippen LogP contribution in [0.1, 0.15) is 38.2 Å². The zero-order valence-electron chi connectivity index (χ0n) is 13.2. The summed E-state index contributed by atoms with van der Waals surface area (Å²) < 4.78 is 6.14. The average molecular weight is 400 g/mol. The van der Waals surface area contributed by atoms with Gasteiger partial charge in [0.15, 0.2) is 6.61 Å². The normalized spacial score (nSPS) is 16.1. The highest BCUT2D eigenvalue weighted by molar-refractivity contribution is 9.10. The van der Waals surface area contributed by atoms with Crippen molar-refractivity contribution in [3.05, 3.63) is 34.3 Å². The minimum Gasteiger partial charge on any atom is -0.455 e. The molecule has 2 rings (SSSR count). The minimum absolute atomic E-state index is 0.182. The number of esters is 1. The first kappa shape index (κ1) is 18.3.